The average Bonchev–Trinajstić information content (AvgIpc) is 2.49. The Balaban J connectivity index is 2.68. The molecule has 24 heavy (non-hydrogen) atoms. The molecule has 0 fully saturated rings. The van der Waals surface area contributed by atoms with Crippen LogP contribution in [0, 0.1) is 0 Å². The molecule has 0 unspecified atom stereocenters. The lowest BCUT2D eigenvalue weighted by molar-refractivity contribution is -0.0385. The summed E-state index contributed by atoms with van der Waals surface area (Å²) in [6.45, 7) is 0. The number of aromatic hydroxyl groups is 1. The molecular weight excluding hydrogens is 316 g/mol. The third-order valence-electron chi connectivity index (χ3n) is 3.56. The minimum atomic E-state index is -1.82. The lowest BCUT2D eigenvalue weighted by Crippen LogP contribution is -2.21. The zero-order valence-corrected chi connectivity index (χ0v) is 13.1. The van der Waals surface area contributed by atoms with Crippen molar-refractivity contribution in [1.82, 2.24) is 4.98 Å². The SMILES string of the molecule is CN(C)c1ccc(-c2[nH]c(=O)c(C(=O)O)c(O)c2CC(O)O)cc1. The Bertz CT molecular complexity index is 809. The van der Waals surface area contributed by atoms with Gasteiger partial charge in [0.2, 0.25) is 0 Å². The maximum atomic E-state index is 12.0. The van der Waals surface area contributed by atoms with Crippen molar-refractivity contribution in [3.63, 3.8) is 0 Å². The number of H-pyrrole nitrogens is 1. The van der Waals surface area contributed by atoms with Crippen LogP contribution in [0.5, 0.6) is 5.75 Å². The first-order valence-corrected chi connectivity index (χ1v) is 7.07. The van der Waals surface area contributed by atoms with Gasteiger partial charge in [0.05, 0.1) is 5.69 Å². The first kappa shape index (κ1) is 17.5. The van der Waals surface area contributed by atoms with Crippen LogP contribution < -0.4 is 10.5 Å². The van der Waals surface area contributed by atoms with Crippen molar-refractivity contribution in [2.45, 2.75) is 12.7 Å². The van der Waals surface area contributed by atoms with Crippen molar-refractivity contribution < 1.29 is 25.2 Å². The Labute approximate surface area is 137 Å². The summed E-state index contributed by atoms with van der Waals surface area (Å²) in [5.74, 6) is -2.37. The van der Waals surface area contributed by atoms with Gasteiger partial charge in [-0.25, -0.2) is 4.79 Å². The van der Waals surface area contributed by atoms with Gasteiger partial charge in [-0.3, -0.25) is 4.79 Å². The second-order valence-corrected chi connectivity index (χ2v) is 5.46. The van der Waals surface area contributed by atoms with Crippen LogP contribution in [-0.2, 0) is 6.42 Å². The summed E-state index contributed by atoms with van der Waals surface area (Å²) in [6.07, 6.45) is -2.25. The number of benzene rings is 1. The second-order valence-electron chi connectivity index (χ2n) is 5.46. The maximum absolute atomic E-state index is 12.0. The number of carboxylic acids is 1. The largest absolute Gasteiger partial charge is 0.506 e. The smallest absolute Gasteiger partial charge is 0.345 e. The molecule has 8 nitrogen and oxygen atoms in total. The molecule has 8 heteroatoms. The van der Waals surface area contributed by atoms with Crippen LogP contribution in [0.15, 0.2) is 29.1 Å². The number of rotatable bonds is 5. The van der Waals surface area contributed by atoms with Crippen LogP contribution in [0.25, 0.3) is 11.3 Å². The summed E-state index contributed by atoms with van der Waals surface area (Å²) >= 11 is 0. The standard InChI is InChI=1S/C16H18N2O6/c1-18(2)9-5-3-8(4-6-9)13-10(7-11(19)20)14(21)12(16(23)24)15(22)17-13/h3-6,11,19-20H,7H2,1-2H3,(H,23,24)(H2,17,21,22). The molecule has 0 bridgehead atoms. The van der Waals surface area contributed by atoms with E-state index in [1.54, 1.807) is 24.3 Å². The molecule has 0 saturated heterocycles. The molecule has 2 rings (SSSR count). The number of pyridine rings is 1. The lowest BCUT2D eigenvalue weighted by atomic mass is 9.99. The van der Waals surface area contributed by atoms with E-state index in [4.69, 9.17) is 5.11 Å². The number of carboxylic acid groups (broad SMARTS) is 1. The average molecular weight is 334 g/mol. The van der Waals surface area contributed by atoms with Gasteiger partial charge < -0.3 is 30.3 Å². The molecule has 128 valence electrons. The van der Waals surface area contributed by atoms with Crippen LogP contribution in [0.1, 0.15) is 15.9 Å². The molecular formula is C16H18N2O6. The van der Waals surface area contributed by atoms with E-state index in [0.717, 1.165) is 5.69 Å². The molecule has 0 aliphatic heterocycles. The monoisotopic (exact) mass is 334 g/mol. The van der Waals surface area contributed by atoms with Crippen molar-refractivity contribution in [3.05, 3.63) is 45.7 Å². The van der Waals surface area contributed by atoms with Gasteiger partial charge in [0, 0.05) is 31.8 Å². The van der Waals surface area contributed by atoms with E-state index in [1.165, 1.54) is 0 Å². The number of aromatic carboxylic acids is 1. The van der Waals surface area contributed by atoms with Gasteiger partial charge in [-0.1, -0.05) is 12.1 Å². The van der Waals surface area contributed by atoms with Gasteiger partial charge >= 0.3 is 5.97 Å². The number of nitrogens with one attached hydrogen (secondary N) is 1. The summed E-state index contributed by atoms with van der Waals surface area (Å²) in [4.78, 5) is 27.4. The van der Waals surface area contributed by atoms with E-state index in [1.807, 2.05) is 19.0 Å². The van der Waals surface area contributed by atoms with Crippen molar-refractivity contribution in [3.8, 4) is 17.0 Å². The van der Waals surface area contributed by atoms with E-state index >= 15 is 0 Å². The number of carbonyl (C=O) groups is 1. The van der Waals surface area contributed by atoms with Crippen LogP contribution >= 0.6 is 0 Å². The highest BCUT2D eigenvalue weighted by Gasteiger charge is 2.23. The van der Waals surface area contributed by atoms with Gasteiger partial charge in [-0.2, -0.15) is 0 Å². The third kappa shape index (κ3) is 3.39. The third-order valence-corrected chi connectivity index (χ3v) is 3.56. The fraction of sp³-hybridized carbons (Fsp3) is 0.250. The number of aromatic nitrogens is 1. The molecule has 1 aromatic heterocycles. The molecule has 0 amide bonds. The Morgan fingerprint density at radius 3 is 2.25 bits per heavy atom. The maximum Gasteiger partial charge on any atom is 0.345 e. The molecule has 1 aromatic carbocycles. The van der Waals surface area contributed by atoms with Gasteiger partial charge in [0.15, 0.2) is 11.9 Å². The molecule has 5 N–H and O–H groups in total. The number of nitrogens with zero attached hydrogens (tertiary/aromatic N) is 1. The van der Waals surface area contributed by atoms with Crippen LogP contribution in [0.4, 0.5) is 5.69 Å². The van der Waals surface area contributed by atoms with Crippen molar-refractivity contribution >= 4 is 11.7 Å². The fourth-order valence-corrected chi connectivity index (χ4v) is 2.38. The van der Waals surface area contributed by atoms with E-state index in [2.05, 4.69) is 4.98 Å². The first-order chi connectivity index (χ1) is 11.2. The Kier molecular flexibility index (Phi) is 4.91. The van der Waals surface area contributed by atoms with Crippen molar-refractivity contribution in [2.24, 2.45) is 0 Å². The minimum absolute atomic E-state index is 0.0559. The van der Waals surface area contributed by atoms with E-state index in [9.17, 15) is 24.9 Å². The Morgan fingerprint density at radius 2 is 1.79 bits per heavy atom. The van der Waals surface area contributed by atoms with Crippen molar-refractivity contribution in [1.29, 1.82) is 0 Å². The van der Waals surface area contributed by atoms with E-state index < -0.39 is 35.6 Å². The highest BCUT2D eigenvalue weighted by Crippen LogP contribution is 2.31. The molecule has 0 aliphatic carbocycles. The molecule has 1 heterocycles. The molecule has 0 saturated carbocycles. The number of aliphatic hydroxyl groups is 2. The van der Waals surface area contributed by atoms with Crippen LogP contribution in [-0.4, -0.2) is 51.8 Å². The molecule has 0 spiro atoms. The van der Waals surface area contributed by atoms with Gasteiger partial charge in [-0.05, 0) is 17.7 Å². The number of hydrogen-bond acceptors (Lipinski definition) is 6. The highest BCUT2D eigenvalue weighted by molar-refractivity contribution is 5.92. The predicted octanol–water partition coefficient (Wildman–Crippen LogP) is 0.365. The second kappa shape index (κ2) is 6.73. The van der Waals surface area contributed by atoms with Gasteiger partial charge in [-0.15, -0.1) is 0 Å². The number of anilines is 1. The van der Waals surface area contributed by atoms with Crippen LogP contribution in [0.2, 0.25) is 0 Å². The Morgan fingerprint density at radius 1 is 1.21 bits per heavy atom. The number of aromatic amines is 1. The lowest BCUT2D eigenvalue weighted by Gasteiger charge is -2.16. The van der Waals surface area contributed by atoms with Crippen LogP contribution in [0.3, 0.4) is 0 Å². The molecule has 2 aromatic rings. The van der Waals surface area contributed by atoms with Gasteiger partial charge in [0.1, 0.15) is 5.75 Å². The highest BCUT2D eigenvalue weighted by atomic mass is 16.5. The normalized spacial score (nSPS) is 10.9. The summed E-state index contributed by atoms with van der Waals surface area (Å²) in [6, 6.07) is 6.89. The molecule has 0 radical (unpaired) electrons. The zero-order chi connectivity index (χ0) is 18.0. The fourth-order valence-electron chi connectivity index (χ4n) is 2.38. The number of aliphatic hydroxyl groups excluding tert-OH is 1. The summed E-state index contributed by atoms with van der Waals surface area (Å²) in [5.41, 5.74) is -0.320. The summed E-state index contributed by atoms with van der Waals surface area (Å²) in [5, 5.41) is 37.6. The quantitative estimate of drug-likeness (QED) is 0.499. The first-order valence-electron chi connectivity index (χ1n) is 7.07. The summed E-state index contributed by atoms with van der Waals surface area (Å²) in [7, 11) is 3.72. The number of hydrogen-bond donors (Lipinski definition) is 5. The zero-order valence-electron chi connectivity index (χ0n) is 13.1. The molecule has 0 atom stereocenters. The van der Waals surface area contributed by atoms with E-state index in [-0.39, 0.29) is 11.3 Å². The Hall–Kier alpha value is -2.84. The molecule has 0 aliphatic rings. The predicted molar refractivity (Wildman–Crippen MR) is 87.4 cm³/mol. The van der Waals surface area contributed by atoms with Gasteiger partial charge in [0.25, 0.3) is 5.56 Å². The minimum Gasteiger partial charge on any atom is -0.506 e. The van der Waals surface area contributed by atoms with E-state index in [0.29, 0.717) is 5.56 Å². The topological polar surface area (TPSA) is 134 Å². The summed E-state index contributed by atoms with van der Waals surface area (Å²) < 4.78 is 0. The van der Waals surface area contributed by atoms with Crippen molar-refractivity contribution in [2.75, 3.05) is 19.0 Å².